The first-order valence-corrected chi connectivity index (χ1v) is 6.45. The van der Waals surface area contributed by atoms with Gasteiger partial charge in [-0.2, -0.15) is 9.37 Å². The lowest BCUT2D eigenvalue weighted by molar-refractivity contribution is 0.395. The first kappa shape index (κ1) is 15.0. The van der Waals surface area contributed by atoms with Crippen molar-refractivity contribution in [2.45, 2.75) is 26.2 Å². The van der Waals surface area contributed by atoms with Crippen LogP contribution in [0.25, 0.3) is 0 Å². The fraction of sp³-hybridized carbons (Fsp3) is 0.333. The molecule has 2 rings (SSSR count). The van der Waals surface area contributed by atoms with E-state index in [0.717, 1.165) is 11.8 Å². The van der Waals surface area contributed by atoms with Crippen LogP contribution >= 0.6 is 0 Å². The summed E-state index contributed by atoms with van der Waals surface area (Å²) in [5.41, 5.74) is 6.13. The van der Waals surface area contributed by atoms with Crippen LogP contribution in [0, 0.1) is 5.82 Å². The Bertz CT molecular complexity index is 654. The average Bonchev–Trinajstić information content (AvgIpc) is 2.42. The van der Waals surface area contributed by atoms with Gasteiger partial charge in [-0.15, -0.1) is 0 Å². The Labute approximate surface area is 122 Å². The zero-order valence-corrected chi connectivity index (χ0v) is 12.5. The minimum Gasteiger partial charge on any atom is -0.497 e. The lowest BCUT2D eigenvalue weighted by Gasteiger charge is -2.23. The smallest absolute Gasteiger partial charge is 0.260 e. The number of ether oxygens (including phenoxy) is 2. The van der Waals surface area contributed by atoms with E-state index in [2.05, 4.69) is 9.97 Å². The highest BCUT2D eigenvalue weighted by Gasteiger charge is 2.21. The summed E-state index contributed by atoms with van der Waals surface area (Å²) in [4.78, 5) is 7.34. The third kappa shape index (κ3) is 3.39. The lowest BCUT2D eigenvalue weighted by atomic mass is 9.86. The maximum Gasteiger partial charge on any atom is 0.260 e. The number of methoxy groups -OCH3 is 1. The maximum atomic E-state index is 13.7. The second-order valence-corrected chi connectivity index (χ2v) is 5.60. The van der Waals surface area contributed by atoms with Gasteiger partial charge in [0.25, 0.3) is 5.88 Å². The summed E-state index contributed by atoms with van der Waals surface area (Å²) in [7, 11) is 1.59. The van der Waals surface area contributed by atoms with Gasteiger partial charge in [-0.1, -0.05) is 20.8 Å². The van der Waals surface area contributed by atoms with E-state index < -0.39 is 5.82 Å². The number of benzene rings is 1. The van der Waals surface area contributed by atoms with Crippen LogP contribution in [0.1, 0.15) is 26.3 Å². The molecule has 2 N–H and O–H groups in total. The summed E-state index contributed by atoms with van der Waals surface area (Å²) in [5, 5.41) is 0. The number of halogens is 1. The molecule has 1 heterocycles. The molecule has 2 aromatic rings. The Morgan fingerprint density at radius 3 is 2.57 bits per heavy atom. The number of aromatic nitrogens is 2. The van der Waals surface area contributed by atoms with Crippen molar-refractivity contribution in [3.8, 4) is 17.4 Å². The van der Waals surface area contributed by atoms with Gasteiger partial charge in [0.05, 0.1) is 13.3 Å². The summed E-state index contributed by atoms with van der Waals surface area (Å²) in [5.74, 6) is 0.297. The van der Waals surface area contributed by atoms with Crippen molar-refractivity contribution in [2.75, 3.05) is 12.8 Å². The molecular formula is C15H18FN3O2. The van der Waals surface area contributed by atoms with Crippen molar-refractivity contribution in [3.63, 3.8) is 0 Å². The summed E-state index contributed by atoms with van der Waals surface area (Å²) >= 11 is 0. The fourth-order valence-corrected chi connectivity index (χ4v) is 1.85. The molecule has 0 saturated carbocycles. The molecule has 0 spiro atoms. The van der Waals surface area contributed by atoms with Crippen LogP contribution in [0.3, 0.4) is 0 Å². The van der Waals surface area contributed by atoms with Crippen LogP contribution in [0.5, 0.6) is 17.4 Å². The van der Waals surface area contributed by atoms with E-state index in [0.29, 0.717) is 11.5 Å². The van der Waals surface area contributed by atoms with Crippen molar-refractivity contribution in [3.05, 3.63) is 35.8 Å². The summed E-state index contributed by atoms with van der Waals surface area (Å²) in [6, 6.07) is 5.32. The minimum absolute atomic E-state index is 0.0442. The highest BCUT2D eigenvalue weighted by Crippen LogP contribution is 2.36. The Morgan fingerprint density at radius 2 is 1.95 bits per heavy atom. The van der Waals surface area contributed by atoms with Crippen LogP contribution in [0.15, 0.2) is 24.4 Å². The molecule has 0 fully saturated rings. The number of anilines is 1. The third-order valence-corrected chi connectivity index (χ3v) is 2.93. The van der Waals surface area contributed by atoms with E-state index >= 15 is 0 Å². The zero-order valence-electron chi connectivity index (χ0n) is 12.5. The van der Waals surface area contributed by atoms with Crippen molar-refractivity contribution in [2.24, 2.45) is 0 Å². The first-order valence-electron chi connectivity index (χ1n) is 6.45. The van der Waals surface area contributed by atoms with Gasteiger partial charge in [-0.05, 0) is 23.6 Å². The Hall–Kier alpha value is -2.37. The van der Waals surface area contributed by atoms with Gasteiger partial charge in [0, 0.05) is 5.56 Å². The largest absolute Gasteiger partial charge is 0.497 e. The normalized spacial score (nSPS) is 11.3. The molecule has 0 unspecified atom stereocenters. The molecule has 21 heavy (non-hydrogen) atoms. The van der Waals surface area contributed by atoms with Crippen LogP contribution in [-0.2, 0) is 5.41 Å². The molecular weight excluding hydrogens is 273 g/mol. The molecule has 1 aromatic carbocycles. The second-order valence-electron chi connectivity index (χ2n) is 5.60. The number of nitrogens with two attached hydrogens (primary N) is 1. The van der Waals surface area contributed by atoms with Gasteiger partial charge in [0.2, 0.25) is 11.8 Å². The minimum atomic E-state index is -0.667. The number of nitrogen functional groups attached to an aromatic ring is 1. The molecule has 6 heteroatoms. The number of hydrogen-bond donors (Lipinski definition) is 1. The fourth-order valence-electron chi connectivity index (χ4n) is 1.85. The van der Waals surface area contributed by atoms with Crippen LogP contribution < -0.4 is 15.2 Å². The molecule has 0 saturated heterocycles. The Morgan fingerprint density at radius 1 is 1.24 bits per heavy atom. The van der Waals surface area contributed by atoms with Crippen molar-refractivity contribution >= 4 is 5.95 Å². The molecule has 5 nitrogen and oxygen atoms in total. The molecule has 0 aliphatic rings. The van der Waals surface area contributed by atoms with Crippen LogP contribution in [-0.4, -0.2) is 17.1 Å². The number of nitrogens with zero attached hydrogens (tertiary/aromatic N) is 2. The topological polar surface area (TPSA) is 70.3 Å². The lowest BCUT2D eigenvalue weighted by Crippen LogP contribution is -2.13. The summed E-state index contributed by atoms with van der Waals surface area (Å²) < 4.78 is 24.5. The van der Waals surface area contributed by atoms with E-state index in [1.807, 2.05) is 26.8 Å². The number of rotatable bonds is 3. The summed E-state index contributed by atoms with van der Waals surface area (Å²) in [6.07, 6.45) is 0.984. The van der Waals surface area contributed by atoms with Gasteiger partial charge < -0.3 is 15.2 Å². The first-order chi connectivity index (χ1) is 9.81. The highest BCUT2D eigenvalue weighted by molar-refractivity contribution is 5.45. The second kappa shape index (κ2) is 5.55. The quantitative estimate of drug-likeness (QED) is 0.939. The van der Waals surface area contributed by atoms with Crippen LogP contribution in [0.4, 0.5) is 10.3 Å². The molecule has 0 radical (unpaired) electrons. The van der Waals surface area contributed by atoms with Crippen LogP contribution in [0.2, 0.25) is 0 Å². The van der Waals surface area contributed by atoms with Crippen molar-refractivity contribution in [1.29, 1.82) is 0 Å². The molecule has 0 amide bonds. The van der Waals surface area contributed by atoms with E-state index in [1.165, 1.54) is 0 Å². The van der Waals surface area contributed by atoms with Gasteiger partial charge in [-0.25, -0.2) is 4.98 Å². The van der Waals surface area contributed by atoms with E-state index in [-0.39, 0.29) is 17.2 Å². The van der Waals surface area contributed by atoms with Gasteiger partial charge >= 0.3 is 0 Å². The predicted octanol–water partition coefficient (Wildman–Crippen LogP) is 3.30. The van der Waals surface area contributed by atoms with Crippen molar-refractivity contribution < 1.29 is 13.9 Å². The molecule has 0 aliphatic carbocycles. The Balaban J connectivity index is 2.46. The van der Waals surface area contributed by atoms with Gasteiger partial charge in [-0.3, -0.25) is 0 Å². The molecule has 0 aliphatic heterocycles. The van der Waals surface area contributed by atoms with Crippen molar-refractivity contribution in [1.82, 2.24) is 9.97 Å². The molecule has 112 valence electrons. The van der Waals surface area contributed by atoms with Gasteiger partial charge in [0.1, 0.15) is 11.5 Å². The van der Waals surface area contributed by atoms with E-state index in [9.17, 15) is 4.39 Å². The predicted molar refractivity (Wildman–Crippen MR) is 78.2 cm³/mol. The monoisotopic (exact) mass is 291 g/mol. The Kier molecular flexibility index (Phi) is 3.97. The molecule has 0 bridgehead atoms. The molecule has 1 aromatic heterocycles. The third-order valence-electron chi connectivity index (χ3n) is 2.93. The van der Waals surface area contributed by atoms with Gasteiger partial charge in [0.15, 0.2) is 0 Å². The van der Waals surface area contributed by atoms with E-state index in [1.54, 1.807) is 19.2 Å². The molecule has 0 atom stereocenters. The standard InChI is InChI=1S/C15H18FN3O2/c1-15(2,3)10-7-9(20-4)5-6-12(10)21-13-11(16)8-18-14(17)19-13/h5-8H,1-4H3,(H2,17,18,19). The highest BCUT2D eigenvalue weighted by atomic mass is 19.1. The van der Waals surface area contributed by atoms with E-state index in [4.69, 9.17) is 15.2 Å². The zero-order chi connectivity index (χ0) is 15.6. The SMILES string of the molecule is COc1ccc(Oc2nc(N)ncc2F)c(C(C)(C)C)c1. The number of hydrogen-bond acceptors (Lipinski definition) is 5. The maximum absolute atomic E-state index is 13.7. The average molecular weight is 291 g/mol. The summed E-state index contributed by atoms with van der Waals surface area (Å²) in [6.45, 7) is 6.08.